The van der Waals surface area contributed by atoms with Crippen LogP contribution >= 0.6 is 0 Å². The lowest BCUT2D eigenvalue weighted by molar-refractivity contribution is -0.116. The molecular formula is C15H17F2N3O. The third-order valence-corrected chi connectivity index (χ3v) is 3.04. The number of aryl methyl sites for hydroxylation is 1. The van der Waals surface area contributed by atoms with Crippen molar-refractivity contribution in [3.8, 4) is 0 Å². The van der Waals surface area contributed by atoms with E-state index in [0.29, 0.717) is 5.69 Å². The number of hydrogen-bond donors (Lipinski definition) is 1. The van der Waals surface area contributed by atoms with Crippen LogP contribution in [0, 0.1) is 11.6 Å². The monoisotopic (exact) mass is 293 g/mol. The van der Waals surface area contributed by atoms with Crippen molar-refractivity contribution in [1.82, 2.24) is 9.78 Å². The predicted molar refractivity (Wildman–Crippen MR) is 75.9 cm³/mol. The number of carbonyl (C=O) groups excluding carboxylic acids is 1. The molecule has 1 heterocycles. The Morgan fingerprint density at radius 1 is 1.38 bits per heavy atom. The van der Waals surface area contributed by atoms with E-state index >= 15 is 0 Å². The first-order valence-electron chi connectivity index (χ1n) is 6.73. The van der Waals surface area contributed by atoms with Gasteiger partial charge in [-0.15, -0.1) is 0 Å². The average molecular weight is 293 g/mol. The van der Waals surface area contributed by atoms with E-state index in [1.807, 2.05) is 13.8 Å². The van der Waals surface area contributed by atoms with Gasteiger partial charge in [0.2, 0.25) is 5.91 Å². The molecule has 0 saturated heterocycles. The highest BCUT2D eigenvalue weighted by molar-refractivity contribution is 5.90. The summed E-state index contributed by atoms with van der Waals surface area (Å²) in [6, 6.07) is 3.44. The topological polar surface area (TPSA) is 46.9 Å². The van der Waals surface area contributed by atoms with E-state index in [2.05, 4.69) is 10.4 Å². The van der Waals surface area contributed by atoms with Crippen molar-refractivity contribution < 1.29 is 13.6 Å². The van der Waals surface area contributed by atoms with Gasteiger partial charge in [0.05, 0.1) is 11.9 Å². The molecule has 2 aromatic rings. The van der Waals surface area contributed by atoms with E-state index in [4.69, 9.17) is 0 Å². The third kappa shape index (κ3) is 4.11. The number of aromatic nitrogens is 2. The van der Waals surface area contributed by atoms with Gasteiger partial charge >= 0.3 is 0 Å². The first-order valence-corrected chi connectivity index (χ1v) is 6.73. The molecule has 0 spiro atoms. The smallest absolute Gasteiger partial charge is 0.224 e. The van der Waals surface area contributed by atoms with Crippen molar-refractivity contribution in [2.75, 3.05) is 5.32 Å². The van der Waals surface area contributed by atoms with Gasteiger partial charge in [0, 0.05) is 18.7 Å². The summed E-state index contributed by atoms with van der Waals surface area (Å²) in [7, 11) is 0. The largest absolute Gasteiger partial charge is 0.323 e. The van der Waals surface area contributed by atoms with E-state index in [1.54, 1.807) is 17.1 Å². The Hall–Kier alpha value is -2.24. The number of rotatable bonds is 5. The molecule has 21 heavy (non-hydrogen) atoms. The Morgan fingerprint density at radius 3 is 2.81 bits per heavy atom. The standard InChI is InChI=1S/C15H17F2N3O/c1-10(2)20-9-13(8-18-20)19-15(21)6-3-11-7-12(16)4-5-14(11)17/h4-5,7-10H,3,6H2,1-2H3,(H,19,21). The van der Waals surface area contributed by atoms with Crippen LogP contribution < -0.4 is 5.32 Å². The van der Waals surface area contributed by atoms with Crippen LogP contribution in [0.2, 0.25) is 0 Å². The van der Waals surface area contributed by atoms with Crippen LogP contribution in [0.5, 0.6) is 0 Å². The molecule has 1 aromatic carbocycles. The molecular weight excluding hydrogens is 276 g/mol. The highest BCUT2D eigenvalue weighted by Crippen LogP contribution is 2.13. The van der Waals surface area contributed by atoms with Gasteiger partial charge in [0.1, 0.15) is 11.6 Å². The Morgan fingerprint density at radius 2 is 2.14 bits per heavy atom. The maximum Gasteiger partial charge on any atom is 0.224 e. The van der Waals surface area contributed by atoms with Gasteiger partial charge in [-0.3, -0.25) is 9.48 Å². The molecule has 0 atom stereocenters. The molecule has 1 amide bonds. The van der Waals surface area contributed by atoms with Gasteiger partial charge in [-0.05, 0) is 44.0 Å². The summed E-state index contributed by atoms with van der Waals surface area (Å²) in [5.41, 5.74) is 0.788. The molecule has 0 unspecified atom stereocenters. The van der Waals surface area contributed by atoms with E-state index < -0.39 is 11.6 Å². The molecule has 0 radical (unpaired) electrons. The van der Waals surface area contributed by atoms with E-state index in [0.717, 1.165) is 18.2 Å². The minimum Gasteiger partial charge on any atom is -0.323 e. The molecule has 0 aliphatic heterocycles. The molecule has 0 saturated carbocycles. The second-order valence-electron chi connectivity index (χ2n) is 5.09. The number of benzene rings is 1. The lowest BCUT2D eigenvalue weighted by Crippen LogP contribution is -2.12. The summed E-state index contributed by atoms with van der Waals surface area (Å²) in [5.74, 6) is -1.27. The number of nitrogens with zero attached hydrogens (tertiary/aromatic N) is 2. The van der Waals surface area contributed by atoms with E-state index in [9.17, 15) is 13.6 Å². The molecule has 0 fully saturated rings. The Balaban J connectivity index is 1.91. The molecule has 0 aliphatic rings. The molecule has 0 bridgehead atoms. The maximum atomic E-state index is 13.4. The number of carbonyl (C=O) groups is 1. The second-order valence-corrected chi connectivity index (χ2v) is 5.09. The van der Waals surface area contributed by atoms with Crippen LogP contribution in [0.15, 0.2) is 30.6 Å². The summed E-state index contributed by atoms with van der Waals surface area (Å²) in [5, 5.41) is 6.79. The SMILES string of the molecule is CC(C)n1cc(NC(=O)CCc2cc(F)ccc2F)cn1. The van der Waals surface area contributed by atoms with Crippen LogP contribution in [-0.4, -0.2) is 15.7 Å². The minimum absolute atomic E-state index is 0.0766. The quantitative estimate of drug-likeness (QED) is 0.919. The van der Waals surface area contributed by atoms with E-state index in [1.165, 1.54) is 0 Å². The first kappa shape index (κ1) is 15.2. The molecule has 4 nitrogen and oxygen atoms in total. The Kier molecular flexibility index (Phi) is 4.67. The number of hydrogen-bond acceptors (Lipinski definition) is 2. The number of nitrogens with one attached hydrogen (secondary N) is 1. The summed E-state index contributed by atoms with van der Waals surface area (Å²) >= 11 is 0. The molecule has 1 aromatic heterocycles. The van der Waals surface area contributed by atoms with Crippen molar-refractivity contribution in [2.24, 2.45) is 0 Å². The normalized spacial score (nSPS) is 10.9. The zero-order valence-electron chi connectivity index (χ0n) is 11.9. The summed E-state index contributed by atoms with van der Waals surface area (Å²) < 4.78 is 28.2. The number of halogens is 2. The Labute approximate surface area is 121 Å². The van der Waals surface area contributed by atoms with Crippen LogP contribution in [0.3, 0.4) is 0 Å². The molecule has 1 N–H and O–H groups in total. The zero-order chi connectivity index (χ0) is 15.4. The average Bonchev–Trinajstić information content (AvgIpc) is 2.88. The highest BCUT2D eigenvalue weighted by Gasteiger charge is 2.09. The van der Waals surface area contributed by atoms with E-state index in [-0.39, 0.29) is 30.4 Å². The summed E-state index contributed by atoms with van der Waals surface area (Å²) in [6.45, 7) is 3.96. The molecule has 2 rings (SSSR count). The van der Waals surface area contributed by atoms with Crippen molar-refractivity contribution >= 4 is 11.6 Å². The molecule has 112 valence electrons. The van der Waals surface area contributed by atoms with Gasteiger partial charge in [-0.1, -0.05) is 0 Å². The van der Waals surface area contributed by atoms with Crippen molar-refractivity contribution in [3.05, 3.63) is 47.8 Å². The first-order chi connectivity index (χ1) is 9.95. The van der Waals surface area contributed by atoms with Gasteiger partial charge in [-0.25, -0.2) is 8.78 Å². The lowest BCUT2D eigenvalue weighted by Gasteiger charge is -2.05. The fraction of sp³-hybridized carbons (Fsp3) is 0.333. The lowest BCUT2D eigenvalue weighted by atomic mass is 10.1. The van der Waals surface area contributed by atoms with Crippen molar-refractivity contribution in [3.63, 3.8) is 0 Å². The fourth-order valence-electron chi connectivity index (χ4n) is 1.89. The van der Waals surface area contributed by atoms with Crippen LogP contribution in [0.1, 0.15) is 31.9 Å². The fourth-order valence-corrected chi connectivity index (χ4v) is 1.89. The van der Waals surface area contributed by atoms with Crippen molar-refractivity contribution in [2.45, 2.75) is 32.7 Å². The predicted octanol–water partition coefficient (Wildman–Crippen LogP) is 3.31. The van der Waals surface area contributed by atoms with Crippen LogP contribution in [0.4, 0.5) is 14.5 Å². The Bertz CT molecular complexity index is 638. The molecule has 6 heteroatoms. The van der Waals surface area contributed by atoms with Gasteiger partial charge in [0.25, 0.3) is 0 Å². The van der Waals surface area contributed by atoms with Gasteiger partial charge < -0.3 is 5.32 Å². The number of anilines is 1. The summed E-state index contributed by atoms with van der Waals surface area (Å²) in [6.07, 6.45) is 3.51. The second kappa shape index (κ2) is 6.47. The summed E-state index contributed by atoms with van der Waals surface area (Å²) in [4.78, 5) is 11.8. The highest BCUT2D eigenvalue weighted by atomic mass is 19.1. The van der Waals surface area contributed by atoms with Crippen LogP contribution in [0.25, 0.3) is 0 Å². The maximum absolute atomic E-state index is 13.4. The third-order valence-electron chi connectivity index (χ3n) is 3.04. The van der Waals surface area contributed by atoms with Gasteiger partial charge in [0.15, 0.2) is 0 Å². The van der Waals surface area contributed by atoms with Gasteiger partial charge in [-0.2, -0.15) is 5.10 Å². The van der Waals surface area contributed by atoms with Crippen LogP contribution in [-0.2, 0) is 11.2 Å². The molecule has 0 aliphatic carbocycles. The zero-order valence-corrected chi connectivity index (χ0v) is 11.9. The van der Waals surface area contributed by atoms with Crippen molar-refractivity contribution in [1.29, 1.82) is 0 Å². The number of amides is 1. The minimum atomic E-state index is -0.509.